The molecule has 1 rings (SSSR count). The van der Waals surface area contributed by atoms with Gasteiger partial charge < -0.3 is 10.1 Å². The molecule has 0 unspecified atom stereocenters. The van der Waals surface area contributed by atoms with Crippen LogP contribution in [0, 0.1) is 0 Å². The van der Waals surface area contributed by atoms with E-state index in [1.54, 1.807) is 0 Å². The molecule has 0 fully saturated rings. The van der Waals surface area contributed by atoms with Crippen LogP contribution in [-0.2, 0) is 6.54 Å². The Kier molecular flexibility index (Phi) is 5.94. The van der Waals surface area contributed by atoms with Gasteiger partial charge in [0.25, 0.3) is 0 Å². The second-order valence-electron chi connectivity index (χ2n) is 3.98. The maximum absolute atomic E-state index is 5.85. The predicted octanol–water partition coefficient (Wildman–Crippen LogP) is 3.36. The SMILES string of the molecule is CCNCc1ccc(OC(CC)CC)cc1. The summed E-state index contributed by atoms with van der Waals surface area (Å²) in [5, 5.41) is 3.31. The number of hydrogen-bond acceptors (Lipinski definition) is 2. The van der Waals surface area contributed by atoms with Crippen molar-refractivity contribution >= 4 is 0 Å². The second kappa shape index (κ2) is 7.29. The quantitative estimate of drug-likeness (QED) is 0.762. The van der Waals surface area contributed by atoms with Gasteiger partial charge in [-0.15, -0.1) is 0 Å². The lowest BCUT2D eigenvalue weighted by Gasteiger charge is -2.15. The molecule has 2 nitrogen and oxygen atoms in total. The van der Waals surface area contributed by atoms with Crippen molar-refractivity contribution in [1.29, 1.82) is 0 Å². The van der Waals surface area contributed by atoms with Crippen molar-refractivity contribution in [3.63, 3.8) is 0 Å². The highest BCUT2D eigenvalue weighted by Crippen LogP contribution is 2.16. The van der Waals surface area contributed by atoms with Crippen molar-refractivity contribution in [2.24, 2.45) is 0 Å². The number of nitrogens with one attached hydrogen (secondary N) is 1. The number of benzene rings is 1. The highest BCUT2D eigenvalue weighted by Gasteiger charge is 2.04. The first-order valence-corrected chi connectivity index (χ1v) is 6.26. The van der Waals surface area contributed by atoms with E-state index < -0.39 is 0 Å². The third-order valence-electron chi connectivity index (χ3n) is 2.72. The zero-order chi connectivity index (χ0) is 11.8. The van der Waals surface area contributed by atoms with Crippen molar-refractivity contribution in [2.45, 2.75) is 46.3 Å². The van der Waals surface area contributed by atoms with Crippen molar-refractivity contribution < 1.29 is 4.74 Å². The molecular formula is C14H23NO. The molecule has 0 atom stereocenters. The molecule has 2 heteroatoms. The van der Waals surface area contributed by atoms with E-state index in [1.165, 1.54) is 5.56 Å². The Morgan fingerprint density at radius 2 is 1.69 bits per heavy atom. The Bertz CT molecular complexity index is 277. The molecule has 0 heterocycles. The minimum atomic E-state index is 0.347. The van der Waals surface area contributed by atoms with Gasteiger partial charge in [0.15, 0.2) is 0 Å². The summed E-state index contributed by atoms with van der Waals surface area (Å²) >= 11 is 0. The minimum Gasteiger partial charge on any atom is -0.490 e. The molecule has 0 spiro atoms. The van der Waals surface area contributed by atoms with E-state index in [-0.39, 0.29) is 0 Å². The predicted molar refractivity (Wildman–Crippen MR) is 68.8 cm³/mol. The van der Waals surface area contributed by atoms with Gasteiger partial charge >= 0.3 is 0 Å². The van der Waals surface area contributed by atoms with Gasteiger partial charge in [-0.2, -0.15) is 0 Å². The Balaban J connectivity index is 2.50. The van der Waals surface area contributed by atoms with Gasteiger partial charge in [-0.1, -0.05) is 32.9 Å². The maximum Gasteiger partial charge on any atom is 0.119 e. The van der Waals surface area contributed by atoms with E-state index in [4.69, 9.17) is 4.74 Å². The fourth-order valence-electron chi connectivity index (χ4n) is 1.60. The Hall–Kier alpha value is -1.02. The Morgan fingerprint density at radius 3 is 2.19 bits per heavy atom. The normalized spacial score (nSPS) is 10.8. The number of hydrogen-bond donors (Lipinski definition) is 1. The molecule has 0 amide bonds. The largest absolute Gasteiger partial charge is 0.490 e. The summed E-state index contributed by atoms with van der Waals surface area (Å²) in [4.78, 5) is 0. The van der Waals surface area contributed by atoms with Gasteiger partial charge in [0.1, 0.15) is 5.75 Å². The van der Waals surface area contributed by atoms with Crippen molar-refractivity contribution in [1.82, 2.24) is 5.32 Å². The Morgan fingerprint density at radius 1 is 1.06 bits per heavy atom. The summed E-state index contributed by atoms with van der Waals surface area (Å²) in [6, 6.07) is 8.37. The molecule has 0 aliphatic carbocycles. The average molecular weight is 221 g/mol. The third kappa shape index (κ3) is 4.23. The molecule has 0 radical (unpaired) electrons. The minimum absolute atomic E-state index is 0.347. The van der Waals surface area contributed by atoms with E-state index in [2.05, 4.69) is 50.4 Å². The molecule has 1 aromatic rings. The van der Waals surface area contributed by atoms with Crippen molar-refractivity contribution in [3.05, 3.63) is 29.8 Å². The summed E-state index contributed by atoms with van der Waals surface area (Å²) in [5.41, 5.74) is 1.30. The van der Waals surface area contributed by atoms with Crippen LogP contribution in [0.5, 0.6) is 5.75 Å². The summed E-state index contributed by atoms with van der Waals surface area (Å²) < 4.78 is 5.85. The fraction of sp³-hybridized carbons (Fsp3) is 0.571. The van der Waals surface area contributed by atoms with Crippen LogP contribution in [0.1, 0.15) is 39.2 Å². The van der Waals surface area contributed by atoms with E-state index in [0.717, 1.165) is 31.7 Å². The van der Waals surface area contributed by atoms with Gasteiger partial charge in [0, 0.05) is 6.54 Å². The van der Waals surface area contributed by atoms with Crippen molar-refractivity contribution in [3.8, 4) is 5.75 Å². The molecule has 16 heavy (non-hydrogen) atoms. The molecule has 0 saturated carbocycles. The maximum atomic E-state index is 5.85. The van der Waals surface area contributed by atoms with Crippen molar-refractivity contribution in [2.75, 3.05) is 6.54 Å². The first-order chi connectivity index (χ1) is 7.80. The molecule has 0 saturated heterocycles. The van der Waals surface area contributed by atoms with Crippen LogP contribution in [-0.4, -0.2) is 12.6 Å². The van der Waals surface area contributed by atoms with Crippen LogP contribution in [0.3, 0.4) is 0 Å². The van der Waals surface area contributed by atoms with Gasteiger partial charge in [-0.05, 0) is 37.1 Å². The first kappa shape index (κ1) is 13.0. The number of ether oxygens (including phenoxy) is 1. The molecule has 0 aromatic heterocycles. The lowest BCUT2D eigenvalue weighted by Crippen LogP contribution is -2.14. The van der Waals surface area contributed by atoms with Crippen LogP contribution in [0.15, 0.2) is 24.3 Å². The highest BCUT2D eigenvalue weighted by atomic mass is 16.5. The van der Waals surface area contributed by atoms with Crippen LogP contribution >= 0.6 is 0 Å². The van der Waals surface area contributed by atoms with E-state index in [0.29, 0.717) is 6.10 Å². The van der Waals surface area contributed by atoms with Crippen LogP contribution in [0.2, 0.25) is 0 Å². The monoisotopic (exact) mass is 221 g/mol. The second-order valence-corrected chi connectivity index (χ2v) is 3.98. The molecular weight excluding hydrogens is 198 g/mol. The molecule has 1 N–H and O–H groups in total. The zero-order valence-corrected chi connectivity index (χ0v) is 10.6. The van der Waals surface area contributed by atoms with E-state index in [1.807, 2.05) is 0 Å². The summed E-state index contributed by atoms with van der Waals surface area (Å²) in [7, 11) is 0. The van der Waals surface area contributed by atoms with Crippen LogP contribution in [0.4, 0.5) is 0 Å². The lowest BCUT2D eigenvalue weighted by molar-refractivity contribution is 0.193. The molecule has 90 valence electrons. The summed E-state index contributed by atoms with van der Waals surface area (Å²) in [6.07, 6.45) is 2.48. The Labute approximate surface area is 99.0 Å². The lowest BCUT2D eigenvalue weighted by atomic mass is 10.2. The highest BCUT2D eigenvalue weighted by molar-refractivity contribution is 5.27. The van der Waals surface area contributed by atoms with E-state index in [9.17, 15) is 0 Å². The van der Waals surface area contributed by atoms with Gasteiger partial charge in [0.05, 0.1) is 6.10 Å². The first-order valence-electron chi connectivity index (χ1n) is 6.26. The average Bonchev–Trinajstić information content (AvgIpc) is 2.35. The fourth-order valence-corrected chi connectivity index (χ4v) is 1.60. The van der Waals surface area contributed by atoms with Crippen LogP contribution in [0.25, 0.3) is 0 Å². The topological polar surface area (TPSA) is 21.3 Å². The number of rotatable bonds is 7. The molecule has 0 aliphatic heterocycles. The zero-order valence-electron chi connectivity index (χ0n) is 10.6. The third-order valence-corrected chi connectivity index (χ3v) is 2.72. The standard InChI is InChI=1S/C14H23NO/c1-4-13(5-2)16-14-9-7-12(8-10-14)11-15-6-3/h7-10,13,15H,4-6,11H2,1-3H3. The van der Waals surface area contributed by atoms with Crippen LogP contribution < -0.4 is 10.1 Å². The van der Waals surface area contributed by atoms with Gasteiger partial charge in [0.2, 0.25) is 0 Å². The molecule has 0 bridgehead atoms. The summed E-state index contributed by atoms with van der Waals surface area (Å²) in [6.45, 7) is 8.37. The molecule has 0 aliphatic rings. The summed E-state index contributed by atoms with van der Waals surface area (Å²) in [5.74, 6) is 0.981. The van der Waals surface area contributed by atoms with Gasteiger partial charge in [-0.3, -0.25) is 0 Å². The molecule has 1 aromatic carbocycles. The smallest absolute Gasteiger partial charge is 0.119 e. The van der Waals surface area contributed by atoms with E-state index >= 15 is 0 Å². The van der Waals surface area contributed by atoms with Gasteiger partial charge in [-0.25, -0.2) is 0 Å².